The summed E-state index contributed by atoms with van der Waals surface area (Å²) < 4.78 is 25.5. The highest BCUT2D eigenvalue weighted by atomic mass is 35.5. The molecule has 0 spiro atoms. The summed E-state index contributed by atoms with van der Waals surface area (Å²) in [6.45, 7) is 2.48. The molecule has 0 saturated heterocycles. The predicted molar refractivity (Wildman–Crippen MR) is 90.8 cm³/mol. The normalized spacial score (nSPS) is 11.7. The van der Waals surface area contributed by atoms with E-state index < -0.39 is 10.0 Å². The molecule has 0 heterocycles. The van der Waals surface area contributed by atoms with E-state index in [4.69, 9.17) is 11.6 Å². The quantitative estimate of drug-likeness (QED) is 0.907. The molecule has 0 aromatic heterocycles. The first kappa shape index (κ1) is 16.8. The lowest BCUT2D eigenvalue weighted by Crippen LogP contribution is -2.22. The van der Waals surface area contributed by atoms with Crippen molar-refractivity contribution in [2.75, 3.05) is 19.4 Å². The number of hydrogen-bond acceptors (Lipinski definition) is 3. The lowest BCUT2D eigenvalue weighted by atomic mass is 10.2. The molecule has 0 unspecified atom stereocenters. The third-order valence-corrected chi connectivity index (χ3v) is 5.41. The summed E-state index contributed by atoms with van der Waals surface area (Å²) >= 11 is 6.18. The van der Waals surface area contributed by atoms with Crippen molar-refractivity contribution in [1.29, 1.82) is 0 Å². The maximum atomic E-state index is 12.1. The second-order valence-corrected chi connectivity index (χ2v) is 7.83. The third-order valence-electron chi connectivity index (χ3n) is 3.28. The van der Waals surface area contributed by atoms with Crippen LogP contribution in [0.25, 0.3) is 0 Å². The fraction of sp³-hybridized carbons (Fsp3) is 0.250. The van der Waals surface area contributed by atoms with Crippen LogP contribution < -0.4 is 5.32 Å². The second kappa shape index (κ2) is 6.69. The average molecular weight is 339 g/mol. The van der Waals surface area contributed by atoms with E-state index in [-0.39, 0.29) is 4.90 Å². The molecular formula is C16H19ClN2O2S. The number of nitrogens with one attached hydrogen (secondary N) is 1. The van der Waals surface area contributed by atoms with Gasteiger partial charge in [0.25, 0.3) is 0 Å². The van der Waals surface area contributed by atoms with Gasteiger partial charge in [-0.2, -0.15) is 0 Å². The summed E-state index contributed by atoms with van der Waals surface area (Å²) in [4.78, 5) is 0.284. The summed E-state index contributed by atoms with van der Waals surface area (Å²) in [6.07, 6.45) is 0. The van der Waals surface area contributed by atoms with Crippen molar-refractivity contribution in [3.63, 3.8) is 0 Å². The molecule has 0 atom stereocenters. The molecule has 2 aromatic carbocycles. The molecule has 2 aromatic rings. The zero-order valence-corrected chi connectivity index (χ0v) is 14.4. The molecule has 118 valence electrons. The molecule has 22 heavy (non-hydrogen) atoms. The molecule has 2 rings (SSSR count). The molecule has 6 heteroatoms. The van der Waals surface area contributed by atoms with Crippen LogP contribution in [0.1, 0.15) is 11.1 Å². The van der Waals surface area contributed by atoms with Crippen LogP contribution in [0.2, 0.25) is 5.02 Å². The van der Waals surface area contributed by atoms with Gasteiger partial charge >= 0.3 is 0 Å². The minimum absolute atomic E-state index is 0.284. The van der Waals surface area contributed by atoms with Gasteiger partial charge < -0.3 is 5.32 Å². The Hall–Kier alpha value is -1.56. The third kappa shape index (κ3) is 3.80. The van der Waals surface area contributed by atoms with E-state index in [2.05, 4.69) is 5.32 Å². The molecule has 0 saturated carbocycles. The maximum absolute atomic E-state index is 12.1. The fourth-order valence-corrected chi connectivity index (χ4v) is 3.26. The van der Waals surface area contributed by atoms with E-state index in [1.807, 2.05) is 31.2 Å². The Morgan fingerprint density at radius 2 is 1.86 bits per heavy atom. The molecule has 1 N–H and O–H groups in total. The largest absolute Gasteiger partial charge is 0.380 e. The first-order chi connectivity index (χ1) is 10.3. The van der Waals surface area contributed by atoms with E-state index in [0.29, 0.717) is 11.6 Å². The SMILES string of the molecule is Cc1ccc(NCc2cccc(S(=O)(=O)N(C)C)c2)c(Cl)c1. The van der Waals surface area contributed by atoms with E-state index in [9.17, 15) is 8.42 Å². The average Bonchev–Trinajstić information content (AvgIpc) is 2.46. The van der Waals surface area contributed by atoms with Gasteiger partial charge in [0.1, 0.15) is 0 Å². The van der Waals surface area contributed by atoms with Crippen molar-refractivity contribution in [3.05, 3.63) is 58.6 Å². The van der Waals surface area contributed by atoms with Crippen molar-refractivity contribution in [1.82, 2.24) is 4.31 Å². The Balaban J connectivity index is 2.18. The van der Waals surface area contributed by atoms with Crippen LogP contribution in [0.3, 0.4) is 0 Å². The van der Waals surface area contributed by atoms with Gasteiger partial charge in [-0.05, 0) is 42.3 Å². The van der Waals surface area contributed by atoms with Crippen LogP contribution in [0.5, 0.6) is 0 Å². The van der Waals surface area contributed by atoms with Crippen molar-refractivity contribution >= 4 is 27.3 Å². The first-order valence-electron chi connectivity index (χ1n) is 6.82. The number of hydrogen-bond donors (Lipinski definition) is 1. The Bertz CT molecular complexity index is 773. The number of sulfonamides is 1. The highest BCUT2D eigenvalue weighted by Crippen LogP contribution is 2.23. The smallest absolute Gasteiger partial charge is 0.242 e. The maximum Gasteiger partial charge on any atom is 0.242 e. The van der Waals surface area contributed by atoms with Crippen LogP contribution in [0, 0.1) is 6.92 Å². The van der Waals surface area contributed by atoms with Crippen molar-refractivity contribution < 1.29 is 8.42 Å². The van der Waals surface area contributed by atoms with Crippen LogP contribution in [0.15, 0.2) is 47.4 Å². The van der Waals surface area contributed by atoms with Crippen molar-refractivity contribution in [3.8, 4) is 0 Å². The van der Waals surface area contributed by atoms with Crippen LogP contribution in [0.4, 0.5) is 5.69 Å². The van der Waals surface area contributed by atoms with Gasteiger partial charge in [-0.15, -0.1) is 0 Å². The monoisotopic (exact) mass is 338 g/mol. The summed E-state index contributed by atoms with van der Waals surface area (Å²) in [5, 5.41) is 3.87. The molecule has 0 bridgehead atoms. The molecule has 0 fully saturated rings. The van der Waals surface area contributed by atoms with E-state index in [0.717, 1.165) is 16.8 Å². The molecule has 0 aliphatic carbocycles. The lowest BCUT2D eigenvalue weighted by molar-refractivity contribution is 0.520. The highest BCUT2D eigenvalue weighted by molar-refractivity contribution is 7.89. The highest BCUT2D eigenvalue weighted by Gasteiger charge is 2.17. The topological polar surface area (TPSA) is 49.4 Å². The number of nitrogens with zero attached hydrogens (tertiary/aromatic N) is 1. The lowest BCUT2D eigenvalue weighted by Gasteiger charge is -2.13. The Morgan fingerprint density at radius 1 is 1.14 bits per heavy atom. The number of anilines is 1. The van der Waals surface area contributed by atoms with Crippen molar-refractivity contribution in [2.45, 2.75) is 18.4 Å². The summed E-state index contributed by atoms with van der Waals surface area (Å²) in [6, 6.07) is 12.7. The van der Waals surface area contributed by atoms with Crippen LogP contribution in [-0.2, 0) is 16.6 Å². The minimum atomic E-state index is -3.42. The predicted octanol–water partition coefficient (Wildman–Crippen LogP) is 3.51. The molecule has 0 aliphatic heterocycles. The number of rotatable bonds is 5. The van der Waals surface area contributed by atoms with Gasteiger partial charge in [0.05, 0.1) is 15.6 Å². The number of aryl methyl sites for hydroxylation is 1. The van der Waals surface area contributed by atoms with E-state index in [1.54, 1.807) is 18.2 Å². The standard InChI is InChI=1S/C16H19ClN2O2S/c1-12-7-8-16(15(17)9-12)18-11-13-5-4-6-14(10-13)22(20,21)19(2)3/h4-10,18H,11H2,1-3H3. The molecule has 0 radical (unpaired) electrons. The number of benzene rings is 2. The van der Waals surface area contributed by atoms with Gasteiger partial charge in [0.2, 0.25) is 10.0 Å². The number of halogens is 1. The van der Waals surface area contributed by atoms with Gasteiger partial charge in [-0.3, -0.25) is 0 Å². The van der Waals surface area contributed by atoms with Crippen LogP contribution >= 0.6 is 11.6 Å². The van der Waals surface area contributed by atoms with Gasteiger partial charge in [-0.1, -0.05) is 29.8 Å². The van der Waals surface area contributed by atoms with Crippen molar-refractivity contribution in [2.24, 2.45) is 0 Å². The molecule has 4 nitrogen and oxygen atoms in total. The fourth-order valence-electron chi connectivity index (χ4n) is 1.99. The van der Waals surface area contributed by atoms with Crippen LogP contribution in [-0.4, -0.2) is 26.8 Å². The van der Waals surface area contributed by atoms with E-state index in [1.165, 1.54) is 18.4 Å². The van der Waals surface area contributed by atoms with Gasteiger partial charge in [0.15, 0.2) is 0 Å². The zero-order chi connectivity index (χ0) is 16.3. The van der Waals surface area contributed by atoms with Gasteiger partial charge in [0, 0.05) is 20.6 Å². The Kier molecular flexibility index (Phi) is 5.11. The summed E-state index contributed by atoms with van der Waals surface area (Å²) in [5.74, 6) is 0. The first-order valence-corrected chi connectivity index (χ1v) is 8.64. The molecule has 0 aliphatic rings. The zero-order valence-electron chi connectivity index (χ0n) is 12.8. The second-order valence-electron chi connectivity index (χ2n) is 5.27. The Morgan fingerprint density at radius 3 is 2.50 bits per heavy atom. The Labute approximate surface area is 136 Å². The minimum Gasteiger partial charge on any atom is -0.380 e. The molecular weight excluding hydrogens is 320 g/mol. The summed E-state index contributed by atoms with van der Waals surface area (Å²) in [5.41, 5.74) is 2.79. The molecule has 0 amide bonds. The van der Waals surface area contributed by atoms with E-state index >= 15 is 0 Å². The van der Waals surface area contributed by atoms with Gasteiger partial charge in [-0.25, -0.2) is 12.7 Å². The summed E-state index contributed by atoms with van der Waals surface area (Å²) in [7, 11) is -0.376.